The van der Waals surface area contributed by atoms with Gasteiger partial charge in [-0.25, -0.2) is 0 Å². The molecule has 5 heteroatoms. The van der Waals surface area contributed by atoms with E-state index in [1.165, 1.54) is 42.4 Å². The number of aryl methyl sites for hydroxylation is 2. The third-order valence-corrected chi connectivity index (χ3v) is 5.25. The number of fused-ring (bicyclic) bond motifs is 1. The van der Waals surface area contributed by atoms with Gasteiger partial charge in [0.25, 0.3) is 0 Å². The van der Waals surface area contributed by atoms with Crippen molar-refractivity contribution in [3.63, 3.8) is 0 Å². The molecular weight excluding hydrogens is 314 g/mol. The van der Waals surface area contributed by atoms with Gasteiger partial charge in [-0.3, -0.25) is 4.79 Å². The highest BCUT2D eigenvalue weighted by molar-refractivity contribution is 5.78. The fraction of sp³-hybridized carbons (Fsp3) is 0.650. The van der Waals surface area contributed by atoms with E-state index in [-0.39, 0.29) is 18.1 Å². The van der Waals surface area contributed by atoms with E-state index < -0.39 is 0 Å². The van der Waals surface area contributed by atoms with E-state index in [1.807, 2.05) is 0 Å². The van der Waals surface area contributed by atoms with Crippen molar-refractivity contribution >= 4 is 5.91 Å². The van der Waals surface area contributed by atoms with E-state index in [0.29, 0.717) is 13.1 Å². The number of ether oxygens (including phenoxy) is 1. The van der Waals surface area contributed by atoms with Gasteiger partial charge in [-0.15, -0.1) is 0 Å². The third kappa shape index (κ3) is 5.27. The van der Waals surface area contributed by atoms with Crippen LogP contribution in [0.25, 0.3) is 0 Å². The minimum absolute atomic E-state index is 0.0365. The molecule has 0 unspecified atom stereocenters. The number of carbonyl (C=O) groups excluding carboxylic acids is 1. The largest absolute Gasteiger partial charge is 0.374 e. The Morgan fingerprint density at radius 2 is 2.12 bits per heavy atom. The van der Waals surface area contributed by atoms with Gasteiger partial charge < -0.3 is 20.3 Å². The van der Waals surface area contributed by atoms with E-state index in [4.69, 9.17) is 4.74 Å². The first-order valence-electron chi connectivity index (χ1n) is 9.54. The lowest BCUT2D eigenvalue weighted by atomic mass is 9.89. The summed E-state index contributed by atoms with van der Waals surface area (Å²) in [5.41, 5.74) is 4.14. The smallest absolute Gasteiger partial charge is 0.234 e. The van der Waals surface area contributed by atoms with E-state index in [9.17, 15) is 4.79 Å². The predicted molar refractivity (Wildman–Crippen MR) is 99.7 cm³/mol. The molecule has 2 N–H and O–H groups in total. The second-order valence-corrected chi connectivity index (χ2v) is 7.41. The summed E-state index contributed by atoms with van der Waals surface area (Å²) in [6.45, 7) is 5.77. The number of amides is 1. The van der Waals surface area contributed by atoms with Crippen molar-refractivity contribution in [2.45, 2.75) is 44.8 Å². The first kappa shape index (κ1) is 18.4. The van der Waals surface area contributed by atoms with Gasteiger partial charge in [-0.1, -0.05) is 18.2 Å². The Kier molecular flexibility index (Phi) is 6.45. The molecule has 1 aliphatic carbocycles. The monoisotopic (exact) mass is 345 g/mol. The van der Waals surface area contributed by atoms with Gasteiger partial charge in [-0.2, -0.15) is 0 Å². The fourth-order valence-corrected chi connectivity index (χ4v) is 3.74. The number of rotatable bonds is 6. The lowest BCUT2D eigenvalue weighted by Crippen LogP contribution is -2.46. The molecular formula is C20H31N3O2. The van der Waals surface area contributed by atoms with Crippen molar-refractivity contribution in [1.29, 1.82) is 0 Å². The van der Waals surface area contributed by atoms with Gasteiger partial charge in [0.15, 0.2) is 0 Å². The number of hydrogen-bond donors (Lipinski definition) is 2. The highest BCUT2D eigenvalue weighted by Gasteiger charge is 2.18. The molecule has 2 aliphatic rings. The lowest BCUT2D eigenvalue weighted by Gasteiger charge is -2.30. The van der Waals surface area contributed by atoms with E-state index in [0.717, 1.165) is 19.7 Å². The van der Waals surface area contributed by atoms with Crippen molar-refractivity contribution in [1.82, 2.24) is 15.5 Å². The highest BCUT2D eigenvalue weighted by atomic mass is 16.5. The van der Waals surface area contributed by atoms with Crippen LogP contribution in [0.4, 0.5) is 0 Å². The minimum Gasteiger partial charge on any atom is -0.374 e. The van der Waals surface area contributed by atoms with Crippen LogP contribution in [0, 0.1) is 0 Å². The fourth-order valence-electron chi connectivity index (χ4n) is 3.74. The van der Waals surface area contributed by atoms with Crippen molar-refractivity contribution in [3.05, 3.63) is 34.9 Å². The van der Waals surface area contributed by atoms with Gasteiger partial charge >= 0.3 is 0 Å². The van der Waals surface area contributed by atoms with E-state index in [1.54, 1.807) is 0 Å². The standard InChI is InChI=1S/C20H31N3O2/c1-15(17-8-7-16-5-3-4-6-18(16)11-17)22-20(24)13-21-12-19-14-23(2)9-10-25-19/h7-8,11,15,19,21H,3-6,9-10,12-14H2,1-2H3,(H,22,24)/t15-,19-/m1/s1. The summed E-state index contributed by atoms with van der Waals surface area (Å²) in [5.74, 6) is 0.0365. The number of morpholine rings is 1. The Labute approximate surface area is 151 Å². The molecule has 1 aliphatic heterocycles. The van der Waals surface area contributed by atoms with Crippen LogP contribution in [0.2, 0.25) is 0 Å². The van der Waals surface area contributed by atoms with Crippen LogP contribution in [-0.4, -0.2) is 56.7 Å². The summed E-state index contributed by atoms with van der Waals surface area (Å²) < 4.78 is 5.70. The van der Waals surface area contributed by atoms with E-state index in [2.05, 4.69) is 47.7 Å². The summed E-state index contributed by atoms with van der Waals surface area (Å²) in [6, 6.07) is 6.72. The number of hydrogen-bond acceptors (Lipinski definition) is 4. The van der Waals surface area contributed by atoms with Crippen LogP contribution in [0.15, 0.2) is 18.2 Å². The molecule has 0 spiro atoms. The van der Waals surface area contributed by atoms with Crippen LogP contribution in [0.3, 0.4) is 0 Å². The number of carbonyl (C=O) groups is 1. The van der Waals surface area contributed by atoms with Crippen LogP contribution in [0.1, 0.15) is 42.5 Å². The summed E-state index contributed by atoms with van der Waals surface area (Å²) in [4.78, 5) is 14.5. The maximum Gasteiger partial charge on any atom is 0.234 e. The van der Waals surface area contributed by atoms with Gasteiger partial charge in [0.1, 0.15) is 0 Å². The molecule has 1 aromatic rings. The minimum atomic E-state index is 0.0365. The molecule has 1 saturated heterocycles. The molecule has 5 nitrogen and oxygen atoms in total. The predicted octanol–water partition coefficient (Wildman–Crippen LogP) is 1.66. The quantitative estimate of drug-likeness (QED) is 0.823. The molecule has 1 heterocycles. The zero-order valence-electron chi connectivity index (χ0n) is 15.5. The molecule has 3 rings (SSSR count). The first-order chi connectivity index (χ1) is 12.1. The Morgan fingerprint density at radius 3 is 2.92 bits per heavy atom. The topological polar surface area (TPSA) is 53.6 Å². The Hall–Kier alpha value is -1.43. The SMILES string of the molecule is C[C@@H](NC(=O)CNC[C@@H]1CN(C)CCO1)c1ccc2c(c1)CCCC2. The normalized spacial score (nSPS) is 22.2. The second-order valence-electron chi connectivity index (χ2n) is 7.41. The zero-order chi connectivity index (χ0) is 17.6. The summed E-state index contributed by atoms with van der Waals surface area (Å²) in [5, 5.41) is 6.32. The number of benzene rings is 1. The maximum atomic E-state index is 12.2. The molecule has 1 amide bonds. The summed E-state index contributed by atoms with van der Waals surface area (Å²) >= 11 is 0. The Morgan fingerprint density at radius 1 is 1.32 bits per heavy atom. The average Bonchev–Trinajstić information content (AvgIpc) is 2.61. The molecule has 138 valence electrons. The summed E-state index contributed by atoms with van der Waals surface area (Å²) in [6.07, 6.45) is 5.11. The second kappa shape index (κ2) is 8.79. The van der Waals surface area contributed by atoms with Gasteiger partial charge in [0, 0.05) is 19.6 Å². The molecule has 0 aromatic heterocycles. The Balaban J connectivity index is 1.43. The van der Waals surface area contributed by atoms with Crippen LogP contribution >= 0.6 is 0 Å². The molecule has 0 radical (unpaired) electrons. The van der Waals surface area contributed by atoms with Crippen LogP contribution in [0.5, 0.6) is 0 Å². The van der Waals surface area contributed by atoms with Crippen LogP contribution < -0.4 is 10.6 Å². The maximum absolute atomic E-state index is 12.2. The van der Waals surface area contributed by atoms with Crippen molar-refractivity contribution in [2.24, 2.45) is 0 Å². The van der Waals surface area contributed by atoms with Crippen molar-refractivity contribution < 1.29 is 9.53 Å². The summed E-state index contributed by atoms with van der Waals surface area (Å²) in [7, 11) is 2.10. The molecule has 0 bridgehead atoms. The average molecular weight is 345 g/mol. The molecule has 1 aromatic carbocycles. The van der Waals surface area contributed by atoms with Gasteiger partial charge in [0.2, 0.25) is 5.91 Å². The zero-order valence-corrected chi connectivity index (χ0v) is 15.5. The first-order valence-corrected chi connectivity index (χ1v) is 9.54. The molecule has 25 heavy (non-hydrogen) atoms. The van der Waals surface area contributed by atoms with Crippen molar-refractivity contribution in [2.75, 3.05) is 39.8 Å². The molecule has 0 saturated carbocycles. The molecule has 1 fully saturated rings. The Bertz CT molecular complexity index is 590. The highest BCUT2D eigenvalue weighted by Crippen LogP contribution is 2.24. The van der Waals surface area contributed by atoms with Gasteiger partial charge in [0.05, 0.1) is 25.3 Å². The number of nitrogens with one attached hydrogen (secondary N) is 2. The number of likely N-dealkylation sites (N-methyl/N-ethyl adjacent to an activating group) is 1. The number of nitrogens with zero attached hydrogens (tertiary/aromatic N) is 1. The van der Waals surface area contributed by atoms with Crippen molar-refractivity contribution in [3.8, 4) is 0 Å². The molecule has 2 atom stereocenters. The van der Waals surface area contributed by atoms with Crippen LogP contribution in [-0.2, 0) is 22.4 Å². The van der Waals surface area contributed by atoms with E-state index >= 15 is 0 Å². The van der Waals surface area contributed by atoms with Gasteiger partial charge in [-0.05, 0) is 56.3 Å². The third-order valence-electron chi connectivity index (χ3n) is 5.25. The lowest BCUT2D eigenvalue weighted by molar-refractivity contribution is -0.121.